The second-order valence-electron chi connectivity index (χ2n) is 3.73. The number of ether oxygens (including phenoxy) is 1. The zero-order valence-electron chi connectivity index (χ0n) is 9.41. The van der Waals surface area contributed by atoms with Gasteiger partial charge in [-0.3, -0.25) is 9.36 Å². The minimum atomic E-state index is -0.965. The number of aliphatic hydroxyl groups excluding tert-OH is 1. The number of nitrogens with two attached hydrogens (primary N) is 1. The first-order valence-corrected chi connectivity index (χ1v) is 6.08. The first-order valence-electron chi connectivity index (χ1n) is 5.26. The van der Waals surface area contributed by atoms with E-state index in [4.69, 9.17) is 5.73 Å². The van der Waals surface area contributed by atoms with Crippen LogP contribution in [-0.2, 0) is 11.3 Å². The van der Waals surface area contributed by atoms with Crippen molar-refractivity contribution in [3.63, 3.8) is 0 Å². The summed E-state index contributed by atoms with van der Waals surface area (Å²) in [4.78, 5) is 22.0. The minimum absolute atomic E-state index is 0.0656. The van der Waals surface area contributed by atoms with Gasteiger partial charge in [0.15, 0.2) is 0 Å². The number of benzene rings is 1. The number of primary amides is 1. The number of thiazole rings is 1. The summed E-state index contributed by atoms with van der Waals surface area (Å²) < 4.78 is 6.79. The Hall–Kier alpha value is -1.86. The van der Waals surface area contributed by atoms with Gasteiger partial charge in [0.2, 0.25) is 0 Å². The van der Waals surface area contributed by atoms with Crippen LogP contribution in [0.25, 0.3) is 10.2 Å². The van der Waals surface area contributed by atoms with Crippen molar-refractivity contribution < 1.29 is 14.6 Å². The largest absolute Gasteiger partial charge is 0.447 e. The second kappa shape index (κ2) is 5.19. The monoisotopic (exact) mass is 268 g/mol. The van der Waals surface area contributed by atoms with Crippen LogP contribution in [0, 0.1) is 0 Å². The highest BCUT2D eigenvalue weighted by molar-refractivity contribution is 7.16. The van der Waals surface area contributed by atoms with E-state index in [0.29, 0.717) is 0 Å². The van der Waals surface area contributed by atoms with Crippen LogP contribution in [0.2, 0.25) is 0 Å². The quantitative estimate of drug-likeness (QED) is 0.845. The zero-order chi connectivity index (χ0) is 13.1. The summed E-state index contributed by atoms with van der Waals surface area (Å²) in [6, 6.07) is 7.30. The van der Waals surface area contributed by atoms with E-state index in [0.717, 1.165) is 21.6 Å². The Morgan fingerprint density at radius 1 is 1.50 bits per heavy atom. The number of amides is 1. The van der Waals surface area contributed by atoms with Gasteiger partial charge < -0.3 is 15.6 Å². The van der Waals surface area contributed by atoms with Crippen molar-refractivity contribution in [3.05, 3.63) is 33.9 Å². The Kier molecular flexibility index (Phi) is 3.63. The predicted octanol–water partition coefficient (Wildman–Crippen LogP) is 0.519. The number of hydrogen-bond donors (Lipinski definition) is 2. The van der Waals surface area contributed by atoms with Gasteiger partial charge in [-0.1, -0.05) is 23.5 Å². The first kappa shape index (κ1) is 12.6. The maximum atomic E-state index is 11.8. The Labute approximate surface area is 106 Å². The third kappa shape index (κ3) is 2.69. The van der Waals surface area contributed by atoms with Gasteiger partial charge in [0, 0.05) is 0 Å². The Morgan fingerprint density at radius 2 is 2.22 bits per heavy atom. The van der Waals surface area contributed by atoms with Crippen LogP contribution in [-0.4, -0.2) is 28.5 Å². The number of carbonyl (C=O) groups is 1. The van der Waals surface area contributed by atoms with E-state index in [1.165, 1.54) is 4.57 Å². The number of fused-ring (bicyclic) bond motifs is 1. The summed E-state index contributed by atoms with van der Waals surface area (Å²) in [6.07, 6.45) is -1.91. The van der Waals surface area contributed by atoms with E-state index in [9.17, 15) is 14.7 Å². The molecule has 0 radical (unpaired) electrons. The molecule has 1 heterocycles. The van der Waals surface area contributed by atoms with Gasteiger partial charge >= 0.3 is 11.0 Å². The maximum Gasteiger partial charge on any atom is 0.404 e. The van der Waals surface area contributed by atoms with Crippen LogP contribution in [0.15, 0.2) is 29.1 Å². The number of nitrogens with zero attached hydrogens (tertiary/aromatic N) is 1. The van der Waals surface area contributed by atoms with Crippen molar-refractivity contribution in [1.82, 2.24) is 4.57 Å². The Bertz CT molecular complexity index is 619. The SMILES string of the molecule is NC(=O)OCC(O)Cn1c(=O)sc2ccccc21. The van der Waals surface area contributed by atoms with Crippen LogP contribution in [0.4, 0.5) is 4.79 Å². The fourth-order valence-electron chi connectivity index (χ4n) is 1.63. The molecule has 6 nitrogen and oxygen atoms in total. The molecule has 0 spiro atoms. The van der Waals surface area contributed by atoms with Gasteiger partial charge in [-0.2, -0.15) is 0 Å². The standard InChI is InChI=1S/C11H12N2O4S/c12-10(15)17-6-7(14)5-13-8-3-1-2-4-9(8)18-11(13)16/h1-4,7,14H,5-6H2,(H2,12,15). The Morgan fingerprint density at radius 3 is 2.94 bits per heavy atom. The summed E-state index contributed by atoms with van der Waals surface area (Å²) in [5.74, 6) is 0. The molecule has 0 saturated heterocycles. The lowest BCUT2D eigenvalue weighted by Crippen LogP contribution is -2.28. The average Bonchev–Trinajstić information content (AvgIpc) is 2.64. The summed E-state index contributed by atoms with van der Waals surface area (Å²) in [5.41, 5.74) is 5.55. The summed E-state index contributed by atoms with van der Waals surface area (Å²) in [6.45, 7) is -0.165. The molecule has 3 N–H and O–H groups in total. The molecule has 0 fully saturated rings. The van der Waals surface area contributed by atoms with E-state index in [2.05, 4.69) is 4.74 Å². The van der Waals surface area contributed by atoms with E-state index in [1.807, 2.05) is 18.2 Å². The van der Waals surface area contributed by atoms with E-state index < -0.39 is 12.2 Å². The molecule has 2 rings (SSSR count). The van der Waals surface area contributed by atoms with Crippen LogP contribution < -0.4 is 10.6 Å². The highest BCUT2D eigenvalue weighted by Crippen LogP contribution is 2.16. The summed E-state index contributed by atoms with van der Waals surface area (Å²) in [7, 11) is 0. The lowest BCUT2D eigenvalue weighted by Gasteiger charge is -2.11. The molecule has 1 atom stereocenters. The van der Waals surface area contributed by atoms with Gasteiger partial charge in [0.05, 0.1) is 16.8 Å². The lowest BCUT2D eigenvalue weighted by molar-refractivity contribution is 0.0632. The molecule has 1 aromatic heterocycles. The molecule has 18 heavy (non-hydrogen) atoms. The van der Waals surface area contributed by atoms with Crippen molar-refractivity contribution in [1.29, 1.82) is 0 Å². The molecule has 1 amide bonds. The van der Waals surface area contributed by atoms with E-state index >= 15 is 0 Å². The predicted molar refractivity (Wildman–Crippen MR) is 67.6 cm³/mol. The van der Waals surface area contributed by atoms with Crippen LogP contribution >= 0.6 is 11.3 Å². The number of carbonyl (C=O) groups excluding carboxylic acids is 1. The fraction of sp³-hybridized carbons (Fsp3) is 0.273. The first-order chi connectivity index (χ1) is 8.58. The van der Waals surface area contributed by atoms with E-state index in [-0.39, 0.29) is 18.0 Å². The molecule has 0 saturated carbocycles. The minimum Gasteiger partial charge on any atom is -0.447 e. The molecule has 1 aromatic carbocycles. The van der Waals surface area contributed by atoms with Crippen molar-refractivity contribution in [2.24, 2.45) is 5.73 Å². The fourth-order valence-corrected chi connectivity index (χ4v) is 2.53. The number of para-hydroxylation sites is 1. The molecule has 2 aromatic rings. The smallest absolute Gasteiger partial charge is 0.404 e. The van der Waals surface area contributed by atoms with Gasteiger partial charge in [-0.05, 0) is 12.1 Å². The summed E-state index contributed by atoms with van der Waals surface area (Å²) >= 11 is 1.11. The van der Waals surface area contributed by atoms with Crippen molar-refractivity contribution >= 4 is 27.6 Å². The highest BCUT2D eigenvalue weighted by Gasteiger charge is 2.12. The van der Waals surface area contributed by atoms with Gasteiger partial charge in [-0.25, -0.2) is 4.79 Å². The molecule has 0 bridgehead atoms. The topological polar surface area (TPSA) is 94.6 Å². The molecular weight excluding hydrogens is 256 g/mol. The number of rotatable bonds is 4. The molecule has 1 unspecified atom stereocenters. The van der Waals surface area contributed by atoms with Crippen molar-refractivity contribution in [2.75, 3.05) is 6.61 Å². The molecule has 0 aliphatic heterocycles. The van der Waals surface area contributed by atoms with Crippen LogP contribution in [0.5, 0.6) is 0 Å². The van der Waals surface area contributed by atoms with Gasteiger partial charge in [0.1, 0.15) is 12.7 Å². The third-order valence-electron chi connectivity index (χ3n) is 2.39. The maximum absolute atomic E-state index is 11.8. The molecular formula is C11H12N2O4S. The molecule has 0 aliphatic carbocycles. The van der Waals surface area contributed by atoms with Gasteiger partial charge in [0.25, 0.3) is 0 Å². The third-order valence-corrected chi connectivity index (χ3v) is 3.35. The normalized spacial score (nSPS) is 12.5. The number of hydrogen-bond acceptors (Lipinski definition) is 5. The zero-order valence-corrected chi connectivity index (χ0v) is 10.2. The lowest BCUT2D eigenvalue weighted by atomic mass is 10.3. The Balaban J connectivity index is 2.18. The summed E-state index contributed by atoms with van der Waals surface area (Å²) in [5, 5.41) is 9.67. The van der Waals surface area contributed by atoms with Crippen LogP contribution in [0.3, 0.4) is 0 Å². The van der Waals surface area contributed by atoms with E-state index in [1.54, 1.807) is 6.07 Å². The van der Waals surface area contributed by atoms with Crippen molar-refractivity contribution in [3.8, 4) is 0 Å². The number of aromatic nitrogens is 1. The van der Waals surface area contributed by atoms with Crippen LogP contribution in [0.1, 0.15) is 0 Å². The van der Waals surface area contributed by atoms with Crippen molar-refractivity contribution in [2.45, 2.75) is 12.6 Å². The molecule has 96 valence electrons. The molecule has 0 aliphatic rings. The highest BCUT2D eigenvalue weighted by atomic mass is 32.1. The van der Waals surface area contributed by atoms with Gasteiger partial charge in [-0.15, -0.1) is 0 Å². The number of aliphatic hydroxyl groups is 1. The average molecular weight is 268 g/mol. The second-order valence-corrected chi connectivity index (χ2v) is 4.72. The molecule has 7 heteroatoms.